The van der Waals surface area contributed by atoms with Crippen molar-refractivity contribution in [3.63, 3.8) is 0 Å². The molecule has 1 aliphatic rings. The van der Waals surface area contributed by atoms with Crippen LogP contribution in [0, 0.1) is 0 Å². The van der Waals surface area contributed by atoms with Gasteiger partial charge in [-0.3, -0.25) is 4.99 Å². The molecule has 1 aliphatic heterocycles. The van der Waals surface area contributed by atoms with Crippen molar-refractivity contribution in [2.24, 2.45) is 4.99 Å². The summed E-state index contributed by atoms with van der Waals surface area (Å²) in [6.45, 7) is 3.54. The maximum atomic E-state index is 5.85. The molecule has 0 aliphatic carbocycles. The molecular formula is C11H14N2O. The fourth-order valence-electron chi connectivity index (χ4n) is 1.49. The third-order valence-electron chi connectivity index (χ3n) is 2.23. The van der Waals surface area contributed by atoms with E-state index >= 15 is 0 Å². The zero-order valence-corrected chi connectivity index (χ0v) is 8.29. The van der Waals surface area contributed by atoms with E-state index in [2.05, 4.69) is 11.9 Å². The molecule has 0 bridgehead atoms. The van der Waals surface area contributed by atoms with Crippen molar-refractivity contribution in [2.45, 2.75) is 19.9 Å². The van der Waals surface area contributed by atoms with E-state index in [1.54, 1.807) is 0 Å². The topological polar surface area (TPSA) is 47.6 Å². The Labute approximate surface area is 83.6 Å². The molecule has 0 saturated heterocycles. The number of nitrogen functional groups attached to an aromatic ring is 1. The first-order valence-corrected chi connectivity index (χ1v) is 4.86. The minimum Gasteiger partial charge on any atom is -0.491 e. The van der Waals surface area contributed by atoms with E-state index in [1.165, 1.54) is 5.56 Å². The Hall–Kier alpha value is -1.51. The van der Waals surface area contributed by atoms with Gasteiger partial charge in [-0.1, -0.05) is 6.92 Å². The first kappa shape index (κ1) is 9.06. The van der Waals surface area contributed by atoms with Crippen LogP contribution in [0.5, 0.6) is 5.75 Å². The molecule has 0 unspecified atom stereocenters. The van der Waals surface area contributed by atoms with Crippen molar-refractivity contribution < 1.29 is 4.74 Å². The van der Waals surface area contributed by atoms with Crippen LogP contribution < -0.4 is 10.5 Å². The molecule has 14 heavy (non-hydrogen) atoms. The molecule has 3 nitrogen and oxygen atoms in total. The Bertz CT molecular complexity index is 372. The van der Waals surface area contributed by atoms with Gasteiger partial charge in [0.05, 0.1) is 18.8 Å². The van der Waals surface area contributed by atoms with Crippen molar-refractivity contribution in [3.05, 3.63) is 23.3 Å². The van der Waals surface area contributed by atoms with E-state index in [0.717, 1.165) is 24.3 Å². The summed E-state index contributed by atoms with van der Waals surface area (Å²) >= 11 is 0. The molecule has 2 N–H and O–H groups in total. The van der Waals surface area contributed by atoms with E-state index in [4.69, 9.17) is 10.5 Å². The molecule has 74 valence electrons. The first-order chi connectivity index (χ1) is 6.81. The molecule has 0 radical (unpaired) electrons. The number of aliphatic imine (C=N–C) groups is 1. The largest absolute Gasteiger partial charge is 0.491 e. The Morgan fingerprint density at radius 3 is 3.14 bits per heavy atom. The summed E-state index contributed by atoms with van der Waals surface area (Å²) in [5.74, 6) is 0.788. The van der Waals surface area contributed by atoms with Crippen LogP contribution in [0.15, 0.2) is 17.1 Å². The maximum Gasteiger partial charge on any atom is 0.142 e. The zero-order valence-electron chi connectivity index (χ0n) is 8.29. The Kier molecular flexibility index (Phi) is 2.39. The normalized spacial score (nSPS) is 12.9. The number of fused-ring (bicyclic) bond motifs is 1. The average Bonchev–Trinajstić information content (AvgIpc) is 2.61. The Morgan fingerprint density at radius 1 is 1.50 bits per heavy atom. The molecule has 1 aromatic carbocycles. The van der Waals surface area contributed by atoms with Crippen LogP contribution in [-0.2, 0) is 6.54 Å². The highest BCUT2D eigenvalue weighted by Crippen LogP contribution is 2.28. The average molecular weight is 190 g/mol. The molecule has 3 heteroatoms. The van der Waals surface area contributed by atoms with Crippen LogP contribution in [0.25, 0.3) is 0 Å². The molecule has 2 rings (SSSR count). The molecule has 1 aromatic rings. The lowest BCUT2D eigenvalue weighted by Crippen LogP contribution is -2.00. The van der Waals surface area contributed by atoms with E-state index in [0.29, 0.717) is 12.3 Å². The number of hydrogen-bond donors (Lipinski definition) is 1. The van der Waals surface area contributed by atoms with Gasteiger partial charge in [0, 0.05) is 6.21 Å². The number of ether oxygens (including phenoxy) is 1. The van der Waals surface area contributed by atoms with Gasteiger partial charge in [-0.15, -0.1) is 0 Å². The summed E-state index contributed by atoms with van der Waals surface area (Å²) in [6, 6.07) is 3.92. The van der Waals surface area contributed by atoms with E-state index in [1.807, 2.05) is 18.3 Å². The van der Waals surface area contributed by atoms with Gasteiger partial charge in [0.1, 0.15) is 5.75 Å². The molecule has 0 aromatic heterocycles. The smallest absolute Gasteiger partial charge is 0.142 e. The molecule has 0 saturated carbocycles. The van der Waals surface area contributed by atoms with Crippen molar-refractivity contribution in [1.82, 2.24) is 0 Å². The van der Waals surface area contributed by atoms with E-state index in [9.17, 15) is 0 Å². The van der Waals surface area contributed by atoms with Gasteiger partial charge in [0.15, 0.2) is 0 Å². The van der Waals surface area contributed by atoms with Crippen LogP contribution in [0.4, 0.5) is 5.69 Å². The lowest BCUT2D eigenvalue weighted by molar-refractivity contribution is 0.319. The second-order valence-corrected chi connectivity index (χ2v) is 3.41. The summed E-state index contributed by atoms with van der Waals surface area (Å²) < 4.78 is 5.53. The summed E-state index contributed by atoms with van der Waals surface area (Å²) in [7, 11) is 0. The minimum absolute atomic E-state index is 0.700. The SMILES string of the molecule is CCCOc1cc2c(cc1N)C=NC2. The van der Waals surface area contributed by atoms with Crippen molar-refractivity contribution in [2.75, 3.05) is 12.3 Å². The maximum absolute atomic E-state index is 5.85. The van der Waals surface area contributed by atoms with Crippen molar-refractivity contribution >= 4 is 11.9 Å². The standard InChI is InChI=1S/C11H14N2O/c1-2-3-14-11-5-9-7-13-6-8(9)4-10(11)12/h4-6H,2-3,7,12H2,1H3. The Balaban J connectivity index is 2.26. The number of benzene rings is 1. The highest BCUT2D eigenvalue weighted by atomic mass is 16.5. The molecular weight excluding hydrogens is 176 g/mol. The van der Waals surface area contributed by atoms with Gasteiger partial charge in [-0.05, 0) is 29.7 Å². The first-order valence-electron chi connectivity index (χ1n) is 4.86. The number of anilines is 1. The molecule has 0 atom stereocenters. The predicted molar refractivity (Wildman–Crippen MR) is 57.9 cm³/mol. The van der Waals surface area contributed by atoms with Crippen LogP contribution in [0.2, 0.25) is 0 Å². The van der Waals surface area contributed by atoms with E-state index in [-0.39, 0.29) is 0 Å². The summed E-state index contributed by atoms with van der Waals surface area (Å²) in [5, 5.41) is 0. The van der Waals surface area contributed by atoms with Crippen molar-refractivity contribution in [3.8, 4) is 5.75 Å². The van der Waals surface area contributed by atoms with Crippen LogP contribution in [-0.4, -0.2) is 12.8 Å². The van der Waals surface area contributed by atoms with Crippen LogP contribution >= 0.6 is 0 Å². The van der Waals surface area contributed by atoms with Gasteiger partial charge < -0.3 is 10.5 Å². The van der Waals surface area contributed by atoms with E-state index < -0.39 is 0 Å². The molecule has 0 amide bonds. The lowest BCUT2D eigenvalue weighted by atomic mass is 10.1. The second-order valence-electron chi connectivity index (χ2n) is 3.41. The highest BCUT2D eigenvalue weighted by molar-refractivity contribution is 5.86. The number of nitrogens with zero attached hydrogens (tertiary/aromatic N) is 1. The van der Waals surface area contributed by atoms with Gasteiger partial charge in [-0.25, -0.2) is 0 Å². The molecule has 0 spiro atoms. The van der Waals surface area contributed by atoms with Crippen LogP contribution in [0.1, 0.15) is 24.5 Å². The summed E-state index contributed by atoms with van der Waals surface area (Å²) in [6.07, 6.45) is 2.85. The third-order valence-corrected chi connectivity index (χ3v) is 2.23. The van der Waals surface area contributed by atoms with Gasteiger partial charge in [0.2, 0.25) is 0 Å². The summed E-state index contributed by atoms with van der Waals surface area (Å²) in [5.41, 5.74) is 8.86. The zero-order chi connectivity index (χ0) is 9.97. The second kappa shape index (κ2) is 3.70. The fraction of sp³-hybridized carbons (Fsp3) is 0.364. The minimum atomic E-state index is 0.700. The molecule has 1 heterocycles. The fourth-order valence-corrected chi connectivity index (χ4v) is 1.49. The summed E-state index contributed by atoms with van der Waals surface area (Å²) in [4.78, 5) is 4.18. The van der Waals surface area contributed by atoms with Gasteiger partial charge in [-0.2, -0.15) is 0 Å². The number of nitrogens with two attached hydrogens (primary N) is 1. The third kappa shape index (κ3) is 1.58. The quantitative estimate of drug-likeness (QED) is 0.741. The highest BCUT2D eigenvalue weighted by Gasteiger charge is 2.10. The number of rotatable bonds is 3. The Morgan fingerprint density at radius 2 is 2.36 bits per heavy atom. The molecule has 0 fully saturated rings. The number of hydrogen-bond acceptors (Lipinski definition) is 3. The van der Waals surface area contributed by atoms with Crippen LogP contribution in [0.3, 0.4) is 0 Å². The van der Waals surface area contributed by atoms with Gasteiger partial charge >= 0.3 is 0 Å². The predicted octanol–water partition coefficient (Wildman–Crippen LogP) is 1.99. The van der Waals surface area contributed by atoms with Crippen molar-refractivity contribution in [1.29, 1.82) is 0 Å². The monoisotopic (exact) mass is 190 g/mol. The lowest BCUT2D eigenvalue weighted by Gasteiger charge is -2.09. The van der Waals surface area contributed by atoms with Gasteiger partial charge in [0.25, 0.3) is 0 Å².